The molecule has 0 unspecified atom stereocenters. The summed E-state index contributed by atoms with van der Waals surface area (Å²) in [5.74, 6) is 1.65. The van der Waals surface area contributed by atoms with Crippen LogP contribution >= 0.6 is 0 Å². The molecular weight excluding hydrogens is 250 g/mol. The molecule has 0 atom stereocenters. The first kappa shape index (κ1) is 15.3. The molecule has 3 nitrogen and oxygen atoms in total. The summed E-state index contributed by atoms with van der Waals surface area (Å²) in [5, 5.41) is 3.61. The van der Waals surface area contributed by atoms with Crippen molar-refractivity contribution in [3.05, 3.63) is 29.8 Å². The van der Waals surface area contributed by atoms with Gasteiger partial charge in [0.25, 0.3) is 0 Å². The highest BCUT2D eigenvalue weighted by molar-refractivity contribution is 5.30. The van der Waals surface area contributed by atoms with Crippen LogP contribution in [-0.4, -0.2) is 32.4 Å². The van der Waals surface area contributed by atoms with Crippen molar-refractivity contribution in [1.82, 2.24) is 5.32 Å². The Morgan fingerprint density at radius 3 is 2.50 bits per heavy atom. The topological polar surface area (TPSA) is 30.5 Å². The SMILES string of the molecule is COc1ccc(C2CC(NCCCOC(C)C)C2)cc1. The minimum absolute atomic E-state index is 0.346. The Kier molecular flexibility index (Phi) is 5.86. The van der Waals surface area contributed by atoms with E-state index in [4.69, 9.17) is 9.47 Å². The van der Waals surface area contributed by atoms with Crippen molar-refractivity contribution in [2.75, 3.05) is 20.3 Å². The second-order valence-electron chi connectivity index (χ2n) is 5.87. The third-order valence-electron chi connectivity index (χ3n) is 3.93. The quantitative estimate of drug-likeness (QED) is 0.739. The van der Waals surface area contributed by atoms with E-state index in [9.17, 15) is 0 Å². The Bertz CT molecular complexity index is 382. The average molecular weight is 277 g/mol. The summed E-state index contributed by atoms with van der Waals surface area (Å²) in [6.45, 7) is 6.09. The molecular formula is C17H27NO2. The first-order valence-corrected chi connectivity index (χ1v) is 7.68. The zero-order chi connectivity index (χ0) is 14.4. The lowest BCUT2D eigenvalue weighted by Gasteiger charge is -2.36. The van der Waals surface area contributed by atoms with Crippen molar-refractivity contribution in [1.29, 1.82) is 0 Å². The van der Waals surface area contributed by atoms with E-state index in [1.165, 1.54) is 18.4 Å². The molecule has 2 rings (SSSR count). The largest absolute Gasteiger partial charge is 0.497 e. The summed E-state index contributed by atoms with van der Waals surface area (Å²) in [5.41, 5.74) is 1.44. The van der Waals surface area contributed by atoms with Crippen LogP contribution in [0.2, 0.25) is 0 Å². The van der Waals surface area contributed by atoms with Gasteiger partial charge in [-0.3, -0.25) is 0 Å². The molecule has 0 heterocycles. The van der Waals surface area contributed by atoms with Gasteiger partial charge >= 0.3 is 0 Å². The monoisotopic (exact) mass is 277 g/mol. The van der Waals surface area contributed by atoms with Crippen LogP contribution in [0.3, 0.4) is 0 Å². The van der Waals surface area contributed by atoms with Gasteiger partial charge in [0, 0.05) is 12.6 Å². The zero-order valence-corrected chi connectivity index (χ0v) is 12.9. The van der Waals surface area contributed by atoms with Gasteiger partial charge in [-0.25, -0.2) is 0 Å². The molecule has 0 aliphatic heterocycles. The Labute approximate surface area is 122 Å². The van der Waals surface area contributed by atoms with Crippen LogP contribution in [0.25, 0.3) is 0 Å². The first-order valence-electron chi connectivity index (χ1n) is 7.68. The maximum Gasteiger partial charge on any atom is 0.118 e. The minimum Gasteiger partial charge on any atom is -0.497 e. The van der Waals surface area contributed by atoms with Crippen LogP contribution in [0.4, 0.5) is 0 Å². The number of benzene rings is 1. The van der Waals surface area contributed by atoms with Crippen LogP contribution in [0, 0.1) is 0 Å². The van der Waals surface area contributed by atoms with Crippen molar-refractivity contribution in [3.8, 4) is 5.75 Å². The highest BCUT2D eigenvalue weighted by atomic mass is 16.5. The number of nitrogens with one attached hydrogen (secondary N) is 1. The standard InChI is InChI=1S/C17H27NO2/c1-13(2)20-10-4-9-18-16-11-15(12-16)14-5-7-17(19-3)8-6-14/h5-8,13,15-16,18H,4,9-12H2,1-3H3. The van der Waals surface area contributed by atoms with Gasteiger partial charge in [0.1, 0.15) is 5.75 Å². The van der Waals surface area contributed by atoms with Crippen LogP contribution in [0.15, 0.2) is 24.3 Å². The van der Waals surface area contributed by atoms with Gasteiger partial charge in [-0.2, -0.15) is 0 Å². The molecule has 1 saturated carbocycles. The molecule has 112 valence electrons. The summed E-state index contributed by atoms with van der Waals surface area (Å²) < 4.78 is 10.7. The first-order chi connectivity index (χ1) is 9.69. The molecule has 0 amide bonds. The van der Waals surface area contributed by atoms with Crippen LogP contribution in [0.5, 0.6) is 5.75 Å². The Morgan fingerprint density at radius 1 is 1.20 bits per heavy atom. The highest BCUT2D eigenvalue weighted by Crippen LogP contribution is 2.37. The van der Waals surface area contributed by atoms with Crippen LogP contribution in [0.1, 0.15) is 44.6 Å². The number of methoxy groups -OCH3 is 1. The fourth-order valence-corrected chi connectivity index (χ4v) is 2.63. The summed E-state index contributed by atoms with van der Waals surface area (Å²) in [7, 11) is 1.71. The molecule has 1 aromatic rings. The maximum absolute atomic E-state index is 5.54. The number of hydrogen-bond acceptors (Lipinski definition) is 3. The molecule has 0 aromatic heterocycles. The third kappa shape index (κ3) is 4.50. The van der Waals surface area contributed by atoms with Crippen molar-refractivity contribution in [3.63, 3.8) is 0 Å². The highest BCUT2D eigenvalue weighted by Gasteiger charge is 2.29. The predicted octanol–water partition coefficient (Wildman–Crippen LogP) is 3.35. The second kappa shape index (κ2) is 7.65. The van der Waals surface area contributed by atoms with E-state index in [1.54, 1.807) is 7.11 Å². The second-order valence-corrected chi connectivity index (χ2v) is 5.87. The normalized spacial score (nSPS) is 21.8. The minimum atomic E-state index is 0.346. The van der Waals surface area contributed by atoms with Gasteiger partial charge in [-0.1, -0.05) is 12.1 Å². The van der Waals surface area contributed by atoms with E-state index < -0.39 is 0 Å². The fourth-order valence-electron chi connectivity index (χ4n) is 2.63. The Hall–Kier alpha value is -1.06. The van der Waals surface area contributed by atoms with Crippen LogP contribution < -0.4 is 10.1 Å². The molecule has 1 aliphatic rings. The van der Waals surface area contributed by atoms with E-state index in [0.29, 0.717) is 18.1 Å². The molecule has 1 N–H and O–H groups in total. The van der Waals surface area contributed by atoms with Gasteiger partial charge < -0.3 is 14.8 Å². The Morgan fingerprint density at radius 2 is 1.90 bits per heavy atom. The summed E-state index contributed by atoms with van der Waals surface area (Å²) in [6.07, 6.45) is 3.94. The number of rotatable bonds is 8. The lowest BCUT2D eigenvalue weighted by atomic mass is 9.76. The van der Waals surface area contributed by atoms with E-state index in [0.717, 1.165) is 25.3 Å². The van der Waals surface area contributed by atoms with Crippen molar-refractivity contribution >= 4 is 0 Å². The molecule has 0 radical (unpaired) electrons. The summed E-state index contributed by atoms with van der Waals surface area (Å²) in [6, 6.07) is 9.17. The van der Waals surface area contributed by atoms with E-state index in [-0.39, 0.29) is 0 Å². The lowest BCUT2D eigenvalue weighted by Crippen LogP contribution is -2.40. The smallest absolute Gasteiger partial charge is 0.118 e. The number of hydrogen-bond donors (Lipinski definition) is 1. The molecule has 1 fully saturated rings. The number of ether oxygens (including phenoxy) is 2. The molecule has 1 aromatic carbocycles. The lowest BCUT2D eigenvalue weighted by molar-refractivity contribution is 0.0760. The molecule has 3 heteroatoms. The van der Waals surface area contributed by atoms with Crippen molar-refractivity contribution in [2.24, 2.45) is 0 Å². The summed E-state index contributed by atoms with van der Waals surface area (Å²) >= 11 is 0. The maximum atomic E-state index is 5.54. The molecule has 0 bridgehead atoms. The predicted molar refractivity (Wildman–Crippen MR) is 82.5 cm³/mol. The van der Waals surface area contributed by atoms with E-state index in [2.05, 4.69) is 43.4 Å². The molecule has 20 heavy (non-hydrogen) atoms. The van der Waals surface area contributed by atoms with E-state index >= 15 is 0 Å². The van der Waals surface area contributed by atoms with E-state index in [1.807, 2.05) is 0 Å². The van der Waals surface area contributed by atoms with Gasteiger partial charge in [0.2, 0.25) is 0 Å². The molecule has 0 saturated heterocycles. The van der Waals surface area contributed by atoms with Gasteiger partial charge in [0.05, 0.1) is 13.2 Å². The van der Waals surface area contributed by atoms with Crippen molar-refractivity contribution in [2.45, 2.75) is 51.2 Å². The Balaban J connectivity index is 1.59. The van der Waals surface area contributed by atoms with Gasteiger partial charge in [-0.05, 0) is 63.3 Å². The van der Waals surface area contributed by atoms with Gasteiger partial charge in [0.15, 0.2) is 0 Å². The van der Waals surface area contributed by atoms with Crippen molar-refractivity contribution < 1.29 is 9.47 Å². The van der Waals surface area contributed by atoms with Crippen LogP contribution in [-0.2, 0) is 4.74 Å². The fraction of sp³-hybridized carbons (Fsp3) is 0.647. The van der Waals surface area contributed by atoms with Gasteiger partial charge in [-0.15, -0.1) is 0 Å². The summed E-state index contributed by atoms with van der Waals surface area (Å²) in [4.78, 5) is 0. The third-order valence-corrected chi connectivity index (χ3v) is 3.93. The zero-order valence-electron chi connectivity index (χ0n) is 12.9. The average Bonchev–Trinajstić information content (AvgIpc) is 2.40. The molecule has 0 spiro atoms. The molecule has 1 aliphatic carbocycles.